The number of nitrogens with one attached hydrogen (secondary N) is 2. The topological polar surface area (TPSA) is 62.8 Å². The number of benzene rings is 2. The molecule has 0 bridgehead atoms. The average molecular weight is 458 g/mol. The van der Waals surface area contributed by atoms with Crippen LogP contribution in [0.5, 0.6) is 5.75 Å². The smallest absolute Gasteiger partial charge is 0.416 e. The summed E-state index contributed by atoms with van der Waals surface area (Å²) in [6.45, 7) is 3.57. The predicted molar refractivity (Wildman–Crippen MR) is 114 cm³/mol. The maximum absolute atomic E-state index is 13.2. The molecule has 1 heterocycles. The highest BCUT2D eigenvalue weighted by atomic mass is 35.5. The van der Waals surface area contributed by atoms with Crippen LogP contribution in [0.1, 0.15) is 12.5 Å². The lowest BCUT2D eigenvalue weighted by atomic mass is 10.1. The lowest BCUT2D eigenvalue weighted by Crippen LogP contribution is -2.37. The van der Waals surface area contributed by atoms with Crippen molar-refractivity contribution < 1.29 is 27.4 Å². The van der Waals surface area contributed by atoms with Gasteiger partial charge in [0, 0.05) is 18.8 Å². The second kappa shape index (κ2) is 9.65. The Morgan fingerprint density at radius 3 is 2.52 bits per heavy atom. The van der Waals surface area contributed by atoms with Crippen LogP contribution in [0, 0.1) is 0 Å². The number of hydrogen-bond acceptors (Lipinski definition) is 5. The standard InChI is InChI=1S/C21H23ClF3N3O3/c1-13(26-15-4-6-19(30-2)16(22)12-15)20(29)27-17-11-14(21(23,24)25)3-5-18(17)28-7-9-31-10-8-28/h3-6,11-13,26H,7-10H2,1-2H3,(H,27,29)/t13-/m0/s1. The van der Waals surface area contributed by atoms with Crippen molar-refractivity contribution in [3.05, 3.63) is 47.0 Å². The molecule has 1 aliphatic heterocycles. The number of rotatable bonds is 6. The first-order chi connectivity index (χ1) is 14.7. The minimum Gasteiger partial charge on any atom is -0.495 e. The predicted octanol–water partition coefficient (Wildman–Crippen LogP) is 4.64. The Hall–Kier alpha value is -2.65. The third-order valence-corrected chi connectivity index (χ3v) is 5.16. The van der Waals surface area contributed by atoms with Crippen molar-refractivity contribution in [2.45, 2.75) is 19.1 Å². The van der Waals surface area contributed by atoms with Crippen molar-refractivity contribution in [3.8, 4) is 5.75 Å². The first kappa shape index (κ1) is 23.0. The molecule has 0 aromatic heterocycles. The van der Waals surface area contributed by atoms with Gasteiger partial charge in [0.05, 0.1) is 42.3 Å². The maximum atomic E-state index is 13.2. The van der Waals surface area contributed by atoms with Gasteiger partial charge in [-0.05, 0) is 43.3 Å². The summed E-state index contributed by atoms with van der Waals surface area (Å²) in [6, 6.07) is 7.56. The van der Waals surface area contributed by atoms with Crippen molar-refractivity contribution in [2.24, 2.45) is 0 Å². The van der Waals surface area contributed by atoms with E-state index in [1.807, 2.05) is 4.90 Å². The zero-order valence-corrected chi connectivity index (χ0v) is 17.8. The van der Waals surface area contributed by atoms with Crippen LogP contribution in [0.4, 0.5) is 30.2 Å². The Bertz CT molecular complexity index is 934. The van der Waals surface area contributed by atoms with E-state index in [-0.39, 0.29) is 5.69 Å². The number of morpholine rings is 1. The third kappa shape index (κ3) is 5.74. The number of carbonyl (C=O) groups is 1. The highest BCUT2D eigenvalue weighted by Gasteiger charge is 2.32. The van der Waals surface area contributed by atoms with Crippen LogP contribution in [-0.4, -0.2) is 45.4 Å². The summed E-state index contributed by atoms with van der Waals surface area (Å²) in [7, 11) is 1.49. The zero-order valence-electron chi connectivity index (χ0n) is 17.1. The third-order valence-electron chi connectivity index (χ3n) is 4.86. The van der Waals surface area contributed by atoms with Gasteiger partial charge < -0.3 is 25.0 Å². The Kier molecular flexibility index (Phi) is 7.17. The van der Waals surface area contributed by atoms with E-state index in [0.717, 1.165) is 12.1 Å². The fourth-order valence-electron chi connectivity index (χ4n) is 3.21. The summed E-state index contributed by atoms with van der Waals surface area (Å²) >= 11 is 6.10. The molecule has 6 nitrogen and oxygen atoms in total. The second-order valence-electron chi connectivity index (χ2n) is 7.03. The summed E-state index contributed by atoms with van der Waals surface area (Å²) < 4.78 is 50.1. The number of carbonyl (C=O) groups excluding carboxylic acids is 1. The summed E-state index contributed by atoms with van der Waals surface area (Å²) in [6.07, 6.45) is -4.52. The fraction of sp³-hybridized carbons (Fsp3) is 0.381. The molecule has 0 saturated carbocycles. The van der Waals surface area contributed by atoms with Gasteiger partial charge in [-0.2, -0.15) is 13.2 Å². The van der Waals surface area contributed by atoms with Crippen molar-refractivity contribution in [3.63, 3.8) is 0 Å². The summed E-state index contributed by atoms with van der Waals surface area (Å²) in [5.74, 6) is 0.00390. The highest BCUT2D eigenvalue weighted by Crippen LogP contribution is 2.36. The number of alkyl halides is 3. The number of halogens is 4. The monoisotopic (exact) mass is 457 g/mol. The van der Waals surface area contributed by atoms with E-state index in [0.29, 0.717) is 48.5 Å². The molecule has 0 radical (unpaired) electrons. The van der Waals surface area contributed by atoms with Gasteiger partial charge in [0.15, 0.2) is 0 Å². The Labute approximate surface area is 183 Å². The summed E-state index contributed by atoms with van der Waals surface area (Å²) in [5, 5.41) is 5.99. The molecular weight excluding hydrogens is 435 g/mol. The van der Waals surface area contributed by atoms with Gasteiger partial charge in [-0.3, -0.25) is 4.79 Å². The molecule has 31 heavy (non-hydrogen) atoms. The molecule has 10 heteroatoms. The van der Waals surface area contributed by atoms with Crippen LogP contribution < -0.4 is 20.3 Å². The average Bonchev–Trinajstić information content (AvgIpc) is 2.73. The van der Waals surface area contributed by atoms with Gasteiger partial charge in [0.1, 0.15) is 11.8 Å². The van der Waals surface area contributed by atoms with Gasteiger partial charge in [0.2, 0.25) is 5.91 Å². The van der Waals surface area contributed by atoms with E-state index in [4.69, 9.17) is 21.1 Å². The quantitative estimate of drug-likeness (QED) is 0.661. The molecule has 1 atom stereocenters. The first-order valence-electron chi connectivity index (χ1n) is 9.64. The van der Waals surface area contributed by atoms with Gasteiger partial charge in [0.25, 0.3) is 0 Å². The van der Waals surface area contributed by atoms with Gasteiger partial charge in [-0.1, -0.05) is 11.6 Å². The van der Waals surface area contributed by atoms with Gasteiger partial charge in [-0.25, -0.2) is 0 Å². The fourth-order valence-corrected chi connectivity index (χ4v) is 3.46. The lowest BCUT2D eigenvalue weighted by Gasteiger charge is -2.31. The first-order valence-corrected chi connectivity index (χ1v) is 10.0. The molecule has 1 aliphatic rings. The van der Waals surface area contributed by atoms with Crippen molar-refractivity contribution in [2.75, 3.05) is 48.9 Å². The van der Waals surface area contributed by atoms with Gasteiger partial charge >= 0.3 is 6.18 Å². The molecule has 2 aromatic carbocycles. The zero-order chi connectivity index (χ0) is 22.6. The number of hydrogen-bond donors (Lipinski definition) is 2. The molecule has 3 rings (SSSR count). The van der Waals surface area contributed by atoms with Crippen molar-refractivity contribution >= 4 is 34.6 Å². The Morgan fingerprint density at radius 2 is 1.90 bits per heavy atom. The molecular formula is C21H23ClF3N3O3. The molecule has 168 valence electrons. The van der Waals surface area contributed by atoms with Crippen LogP contribution in [-0.2, 0) is 15.7 Å². The van der Waals surface area contributed by atoms with E-state index >= 15 is 0 Å². The van der Waals surface area contributed by atoms with Crippen LogP contribution in [0.2, 0.25) is 5.02 Å². The number of methoxy groups -OCH3 is 1. The molecule has 1 saturated heterocycles. The summed E-state index contributed by atoms with van der Waals surface area (Å²) in [4.78, 5) is 14.7. The van der Waals surface area contributed by atoms with E-state index < -0.39 is 23.7 Å². The SMILES string of the molecule is COc1ccc(N[C@@H](C)C(=O)Nc2cc(C(F)(F)F)ccc2N2CCOCC2)cc1Cl. The minimum absolute atomic E-state index is 0.100. The van der Waals surface area contributed by atoms with Crippen LogP contribution in [0.15, 0.2) is 36.4 Å². The highest BCUT2D eigenvalue weighted by molar-refractivity contribution is 6.32. The molecule has 0 unspecified atom stereocenters. The second-order valence-corrected chi connectivity index (χ2v) is 7.44. The van der Waals surface area contributed by atoms with Crippen LogP contribution in [0.3, 0.4) is 0 Å². The van der Waals surface area contributed by atoms with E-state index in [2.05, 4.69) is 10.6 Å². The number of anilines is 3. The van der Waals surface area contributed by atoms with Gasteiger partial charge in [-0.15, -0.1) is 0 Å². The van der Waals surface area contributed by atoms with Crippen molar-refractivity contribution in [1.29, 1.82) is 0 Å². The van der Waals surface area contributed by atoms with E-state index in [1.54, 1.807) is 25.1 Å². The molecule has 0 aliphatic carbocycles. The Balaban J connectivity index is 1.80. The molecule has 2 N–H and O–H groups in total. The molecule has 1 amide bonds. The van der Waals surface area contributed by atoms with Crippen LogP contribution >= 0.6 is 11.6 Å². The normalized spacial score (nSPS) is 15.4. The number of amides is 1. The summed E-state index contributed by atoms with van der Waals surface area (Å²) in [5.41, 5.74) is 0.362. The number of nitrogens with zero attached hydrogens (tertiary/aromatic N) is 1. The minimum atomic E-state index is -4.52. The molecule has 0 spiro atoms. The van der Waals surface area contributed by atoms with E-state index in [1.165, 1.54) is 13.2 Å². The number of ether oxygens (including phenoxy) is 2. The lowest BCUT2D eigenvalue weighted by molar-refractivity contribution is -0.137. The maximum Gasteiger partial charge on any atom is 0.416 e. The van der Waals surface area contributed by atoms with Crippen LogP contribution in [0.25, 0.3) is 0 Å². The molecule has 1 fully saturated rings. The molecule has 2 aromatic rings. The Morgan fingerprint density at radius 1 is 1.19 bits per heavy atom. The van der Waals surface area contributed by atoms with Crippen molar-refractivity contribution in [1.82, 2.24) is 0 Å². The van der Waals surface area contributed by atoms with E-state index in [9.17, 15) is 18.0 Å². The largest absolute Gasteiger partial charge is 0.495 e.